The third kappa shape index (κ3) is 3.81. The van der Waals surface area contributed by atoms with E-state index in [-0.39, 0.29) is 0 Å². The van der Waals surface area contributed by atoms with E-state index in [1.165, 1.54) is 43.8 Å². The van der Waals surface area contributed by atoms with Gasteiger partial charge in [0.15, 0.2) is 0 Å². The Morgan fingerprint density at radius 1 is 0.500 bits per heavy atom. The van der Waals surface area contributed by atoms with Gasteiger partial charge in [-0.3, -0.25) is 4.90 Å². The minimum absolute atomic E-state index is 0.486. The Balaban J connectivity index is 1.43. The molecule has 0 saturated heterocycles. The van der Waals surface area contributed by atoms with Gasteiger partial charge in [0.05, 0.1) is 0 Å². The lowest BCUT2D eigenvalue weighted by Crippen LogP contribution is -2.41. The summed E-state index contributed by atoms with van der Waals surface area (Å²) in [6.07, 6.45) is 0. The molecule has 6 aromatic rings. The molecule has 0 amide bonds. The van der Waals surface area contributed by atoms with Crippen molar-refractivity contribution in [2.75, 3.05) is 6.54 Å². The molecule has 1 aliphatic rings. The molecule has 0 aromatic heterocycles. The number of fused-ring (bicyclic) bond motifs is 7. The highest BCUT2D eigenvalue weighted by Crippen LogP contribution is 2.43. The highest BCUT2D eigenvalue weighted by Gasteiger charge is 2.35. The summed E-state index contributed by atoms with van der Waals surface area (Å²) < 4.78 is 0. The van der Waals surface area contributed by atoms with Crippen LogP contribution in [0, 0.1) is 0 Å². The zero-order valence-electron chi connectivity index (χ0n) is 21.2. The zero-order chi connectivity index (χ0) is 25.5. The van der Waals surface area contributed by atoms with Crippen LogP contribution in [-0.4, -0.2) is 16.6 Å². The molecular formula is C36H29NO. The lowest BCUT2D eigenvalue weighted by atomic mass is 9.85. The van der Waals surface area contributed by atoms with Crippen LogP contribution in [0.5, 0.6) is 0 Å². The fourth-order valence-corrected chi connectivity index (χ4v) is 6.24. The second-order valence-corrected chi connectivity index (χ2v) is 10.4. The fourth-order valence-electron chi connectivity index (χ4n) is 6.24. The first kappa shape index (κ1) is 22.9. The summed E-state index contributed by atoms with van der Waals surface area (Å²) in [7, 11) is 0. The van der Waals surface area contributed by atoms with Gasteiger partial charge in [-0.05, 0) is 54.9 Å². The van der Waals surface area contributed by atoms with Crippen molar-refractivity contribution in [3.8, 4) is 11.1 Å². The van der Waals surface area contributed by atoms with Gasteiger partial charge in [0, 0.05) is 19.6 Å². The van der Waals surface area contributed by atoms with Crippen LogP contribution in [0.1, 0.15) is 22.3 Å². The van der Waals surface area contributed by atoms with E-state index in [9.17, 15) is 5.11 Å². The number of hydrogen-bond acceptors (Lipinski definition) is 2. The molecule has 0 unspecified atom stereocenters. The Kier molecular flexibility index (Phi) is 5.58. The van der Waals surface area contributed by atoms with E-state index in [0.29, 0.717) is 6.54 Å². The Labute approximate surface area is 223 Å². The molecule has 0 aliphatic carbocycles. The standard InChI is InChI=1S/C36H29NO/c38-36(30-13-3-1-4-14-30,31-15-5-2-6-16-31)25-37-23-28-21-19-26-11-7-9-17-32(26)34(28)35-29(24-37)22-20-27-12-8-10-18-33(27)35/h1-22,38H,23-25H2. The molecule has 0 saturated carbocycles. The van der Waals surface area contributed by atoms with E-state index >= 15 is 0 Å². The Bertz CT molecular complexity index is 1630. The first-order chi connectivity index (χ1) is 18.7. The minimum atomic E-state index is -1.14. The predicted molar refractivity (Wildman–Crippen MR) is 157 cm³/mol. The number of benzene rings is 6. The van der Waals surface area contributed by atoms with E-state index in [4.69, 9.17) is 0 Å². The Hall–Kier alpha value is -4.24. The van der Waals surface area contributed by atoms with Crippen LogP contribution in [-0.2, 0) is 18.7 Å². The highest BCUT2D eigenvalue weighted by atomic mass is 16.3. The van der Waals surface area contributed by atoms with Crippen molar-refractivity contribution in [1.82, 2.24) is 4.90 Å². The maximum atomic E-state index is 12.4. The van der Waals surface area contributed by atoms with Gasteiger partial charge in [-0.2, -0.15) is 0 Å². The van der Waals surface area contributed by atoms with E-state index in [1.54, 1.807) is 0 Å². The molecule has 0 fully saturated rings. The van der Waals surface area contributed by atoms with Crippen molar-refractivity contribution in [1.29, 1.82) is 0 Å². The van der Waals surface area contributed by atoms with Crippen LogP contribution in [0.4, 0.5) is 0 Å². The van der Waals surface area contributed by atoms with E-state index in [0.717, 1.165) is 24.2 Å². The molecule has 6 aromatic carbocycles. The van der Waals surface area contributed by atoms with Gasteiger partial charge in [-0.1, -0.05) is 133 Å². The topological polar surface area (TPSA) is 23.5 Å². The SMILES string of the molecule is OC(CN1Cc2ccc3ccccc3c2-c2c(ccc3ccccc23)C1)(c1ccccc1)c1ccccc1. The van der Waals surface area contributed by atoms with E-state index in [2.05, 4.69) is 77.7 Å². The summed E-state index contributed by atoms with van der Waals surface area (Å²) in [5.41, 5.74) is 5.91. The second kappa shape index (κ2) is 9.25. The molecule has 2 heteroatoms. The molecule has 0 bridgehead atoms. The summed E-state index contributed by atoms with van der Waals surface area (Å²) in [6, 6.07) is 46.6. The number of nitrogens with zero attached hydrogens (tertiary/aromatic N) is 1. The van der Waals surface area contributed by atoms with Crippen LogP contribution in [0.25, 0.3) is 32.7 Å². The summed E-state index contributed by atoms with van der Waals surface area (Å²) in [5.74, 6) is 0. The molecule has 7 rings (SSSR count). The maximum absolute atomic E-state index is 12.4. The molecule has 0 spiro atoms. The van der Waals surface area contributed by atoms with Crippen molar-refractivity contribution < 1.29 is 5.11 Å². The first-order valence-corrected chi connectivity index (χ1v) is 13.3. The predicted octanol–water partition coefficient (Wildman–Crippen LogP) is 7.91. The molecule has 1 N–H and O–H groups in total. The van der Waals surface area contributed by atoms with Crippen LogP contribution < -0.4 is 0 Å². The molecule has 38 heavy (non-hydrogen) atoms. The number of rotatable bonds is 4. The quantitative estimate of drug-likeness (QED) is 0.271. The molecule has 2 nitrogen and oxygen atoms in total. The Morgan fingerprint density at radius 2 is 0.921 bits per heavy atom. The molecular weight excluding hydrogens is 462 g/mol. The van der Waals surface area contributed by atoms with Crippen molar-refractivity contribution in [3.63, 3.8) is 0 Å². The van der Waals surface area contributed by atoms with Gasteiger partial charge in [0.25, 0.3) is 0 Å². The third-order valence-corrected chi connectivity index (χ3v) is 8.02. The number of β-amino-alcohol motifs (C(OH)–C–C–N with tert-alkyl or cyclic N) is 1. The van der Waals surface area contributed by atoms with Gasteiger partial charge in [-0.25, -0.2) is 0 Å². The fraction of sp³-hybridized carbons (Fsp3) is 0.111. The van der Waals surface area contributed by atoms with Crippen LogP contribution in [0.2, 0.25) is 0 Å². The van der Waals surface area contributed by atoms with Crippen LogP contribution in [0.15, 0.2) is 133 Å². The monoisotopic (exact) mass is 491 g/mol. The molecule has 0 atom stereocenters. The van der Waals surface area contributed by atoms with Crippen LogP contribution >= 0.6 is 0 Å². The first-order valence-electron chi connectivity index (χ1n) is 13.3. The lowest BCUT2D eigenvalue weighted by Gasteiger charge is -2.35. The van der Waals surface area contributed by atoms with E-state index < -0.39 is 5.60 Å². The highest BCUT2D eigenvalue weighted by molar-refractivity contribution is 6.08. The van der Waals surface area contributed by atoms with Gasteiger partial charge < -0.3 is 5.11 Å². The number of hydrogen-bond donors (Lipinski definition) is 1. The molecule has 1 aliphatic heterocycles. The van der Waals surface area contributed by atoms with Gasteiger partial charge in [-0.15, -0.1) is 0 Å². The number of aliphatic hydroxyl groups is 1. The zero-order valence-corrected chi connectivity index (χ0v) is 21.2. The molecule has 184 valence electrons. The normalized spacial score (nSPS) is 13.7. The second-order valence-electron chi connectivity index (χ2n) is 10.4. The average Bonchev–Trinajstić information content (AvgIpc) is 3.14. The molecule has 0 radical (unpaired) electrons. The Morgan fingerprint density at radius 3 is 1.39 bits per heavy atom. The maximum Gasteiger partial charge on any atom is 0.127 e. The summed E-state index contributed by atoms with van der Waals surface area (Å²) in [6.45, 7) is 2.00. The van der Waals surface area contributed by atoms with E-state index in [1.807, 2.05) is 60.7 Å². The molecule has 1 heterocycles. The summed E-state index contributed by atoms with van der Waals surface area (Å²) in [5, 5.41) is 17.5. The third-order valence-electron chi connectivity index (χ3n) is 8.02. The van der Waals surface area contributed by atoms with Crippen molar-refractivity contribution >= 4 is 21.5 Å². The summed E-state index contributed by atoms with van der Waals surface area (Å²) in [4.78, 5) is 2.41. The van der Waals surface area contributed by atoms with Crippen molar-refractivity contribution in [3.05, 3.63) is 156 Å². The summed E-state index contributed by atoms with van der Waals surface area (Å²) >= 11 is 0. The average molecular weight is 492 g/mol. The van der Waals surface area contributed by atoms with Gasteiger partial charge >= 0.3 is 0 Å². The van der Waals surface area contributed by atoms with Gasteiger partial charge in [0.2, 0.25) is 0 Å². The smallest absolute Gasteiger partial charge is 0.127 e. The van der Waals surface area contributed by atoms with Crippen molar-refractivity contribution in [2.24, 2.45) is 0 Å². The largest absolute Gasteiger partial charge is 0.379 e. The van der Waals surface area contributed by atoms with Crippen LogP contribution in [0.3, 0.4) is 0 Å². The van der Waals surface area contributed by atoms with Gasteiger partial charge in [0.1, 0.15) is 5.60 Å². The van der Waals surface area contributed by atoms with Crippen molar-refractivity contribution in [2.45, 2.75) is 18.7 Å². The minimum Gasteiger partial charge on any atom is -0.379 e. The lowest BCUT2D eigenvalue weighted by molar-refractivity contribution is 0.0302.